The predicted molar refractivity (Wildman–Crippen MR) is 41.6 cm³/mol. The molecule has 0 radical (unpaired) electrons. The van der Waals surface area contributed by atoms with E-state index in [0.717, 1.165) is 0 Å². The molecule has 0 aromatic heterocycles. The average molecular weight is 190 g/mol. The Morgan fingerprint density at radius 1 is 1.15 bits per heavy atom. The maximum atomic E-state index is 12.9. The summed E-state index contributed by atoms with van der Waals surface area (Å²) in [4.78, 5) is 0. The standard InChI is InChI=1S/C9H9F3O/c1-2-9(13)5-3-7(11)8(12)4-6(5)10/h3-4,9,13H,2H2,1H3/t9-/m0/s1. The van der Waals surface area contributed by atoms with Crippen molar-refractivity contribution in [3.63, 3.8) is 0 Å². The molecule has 1 aromatic carbocycles. The van der Waals surface area contributed by atoms with E-state index in [1.807, 2.05) is 0 Å². The Kier molecular flexibility index (Phi) is 2.93. The lowest BCUT2D eigenvalue weighted by atomic mass is 10.1. The quantitative estimate of drug-likeness (QED) is 0.710. The molecule has 1 nitrogen and oxygen atoms in total. The summed E-state index contributed by atoms with van der Waals surface area (Å²) < 4.78 is 37.9. The van der Waals surface area contributed by atoms with Gasteiger partial charge in [0.25, 0.3) is 0 Å². The lowest BCUT2D eigenvalue weighted by molar-refractivity contribution is 0.168. The smallest absolute Gasteiger partial charge is 0.161 e. The van der Waals surface area contributed by atoms with Crippen molar-refractivity contribution in [2.75, 3.05) is 0 Å². The van der Waals surface area contributed by atoms with E-state index >= 15 is 0 Å². The number of aliphatic hydroxyl groups is 1. The van der Waals surface area contributed by atoms with Crippen LogP contribution in [0.5, 0.6) is 0 Å². The van der Waals surface area contributed by atoms with Gasteiger partial charge in [-0.3, -0.25) is 0 Å². The van der Waals surface area contributed by atoms with Crippen molar-refractivity contribution in [1.82, 2.24) is 0 Å². The van der Waals surface area contributed by atoms with E-state index in [1.54, 1.807) is 6.92 Å². The highest BCUT2D eigenvalue weighted by atomic mass is 19.2. The summed E-state index contributed by atoms with van der Waals surface area (Å²) in [6.45, 7) is 1.62. The predicted octanol–water partition coefficient (Wildman–Crippen LogP) is 2.55. The first-order valence-electron chi connectivity index (χ1n) is 3.88. The van der Waals surface area contributed by atoms with Gasteiger partial charge in [0.05, 0.1) is 6.10 Å². The van der Waals surface area contributed by atoms with Crippen molar-refractivity contribution in [2.45, 2.75) is 19.4 Å². The molecule has 72 valence electrons. The van der Waals surface area contributed by atoms with Crippen molar-refractivity contribution < 1.29 is 18.3 Å². The highest BCUT2D eigenvalue weighted by Gasteiger charge is 2.14. The largest absolute Gasteiger partial charge is 0.388 e. The van der Waals surface area contributed by atoms with Gasteiger partial charge in [0.15, 0.2) is 11.6 Å². The Balaban J connectivity index is 3.15. The van der Waals surface area contributed by atoms with Crippen molar-refractivity contribution in [3.05, 3.63) is 35.1 Å². The minimum absolute atomic E-state index is 0.207. The van der Waals surface area contributed by atoms with Crippen LogP contribution in [0.3, 0.4) is 0 Å². The fourth-order valence-electron chi connectivity index (χ4n) is 1.01. The summed E-state index contributed by atoms with van der Waals surface area (Å²) in [5, 5.41) is 9.20. The van der Waals surface area contributed by atoms with Gasteiger partial charge < -0.3 is 5.11 Å². The Labute approximate surface area is 73.8 Å². The Hall–Kier alpha value is -1.03. The number of hydrogen-bond donors (Lipinski definition) is 1. The monoisotopic (exact) mass is 190 g/mol. The van der Waals surface area contributed by atoms with E-state index in [2.05, 4.69) is 0 Å². The zero-order chi connectivity index (χ0) is 10.0. The Morgan fingerprint density at radius 2 is 1.69 bits per heavy atom. The normalized spacial score (nSPS) is 13.0. The van der Waals surface area contributed by atoms with Gasteiger partial charge in [0.2, 0.25) is 0 Å². The molecule has 0 saturated carbocycles. The third-order valence-electron chi connectivity index (χ3n) is 1.79. The molecule has 1 N–H and O–H groups in total. The number of halogens is 3. The molecule has 1 rings (SSSR count). The number of aliphatic hydroxyl groups excluding tert-OH is 1. The van der Waals surface area contributed by atoms with Crippen LogP contribution in [0.2, 0.25) is 0 Å². The van der Waals surface area contributed by atoms with Crippen LogP contribution in [0.1, 0.15) is 25.0 Å². The Morgan fingerprint density at radius 3 is 2.23 bits per heavy atom. The van der Waals surface area contributed by atoms with Crippen LogP contribution >= 0.6 is 0 Å². The third kappa shape index (κ3) is 2.01. The molecule has 4 heteroatoms. The van der Waals surface area contributed by atoms with Crippen LogP contribution in [0.4, 0.5) is 13.2 Å². The highest BCUT2D eigenvalue weighted by molar-refractivity contribution is 5.22. The van der Waals surface area contributed by atoms with Gasteiger partial charge in [-0.2, -0.15) is 0 Å². The second-order valence-corrected chi connectivity index (χ2v) is 2.71. The molecule has 0 spiro atoms. The lowest BCUT2D eigenvalue weighted by Crippen LogP contribution is -2.01. The number of rotatable bonds is 2. The highest BCUT2D eigenvalue weighted by Crippen LogP contribution is 2.22. The topological polar surface area (TPSA) is 20.2 Å². The van der Waals surface area contributed by atoms with Crippen LogP contribution in [0, 0.1) is 17.5 Å². The van der Waals surface area contributed by atoms with Crippen LogP contribution in [-0.2, 0) is 0 Å². The van der Waals surface area contributed by atoms with Crippen molar-refractivity contribution in [1.29, 1.82) is 0 Å². The SMILES string of the molecule is CC[C@H](O)c1cc(F)c(F)cc1F. The summed E-state index contributed by atoms with van der Waals surface area (Å²) in [5.41, 5.74) is -0.207. The maximum Gasteiger partial charge on any atom is 0.161 e. The average Bonchev–Trinajstić information content (AvgIpc) is 2.10. The Bertz CT molecular complexity index is 312. The second-order valence-electron chi connectivity index (χ2n) is 2.71. The lowest BCUT2D eigenvalue weighted by Gasteiger charge is -2.09. The van der Waals surface area contributed by atoms with E-state index in [4.69, 9.17) is 0 Å². The second kappa shape index (κ2) is 3.79. The number of hydrogen-bond acceptors (Lipinski definition) is 1. The van der Waals surface area contributed by atoms with E-state index in [9.17, 15) is 18.3 Å². The maximum absolute atomic E-state index is 12.9. The molecule has 0 saturated heterocycles. The van der Waals surface area contributed by atoms with Gasteiger partial charge in [0, 0.05) is 11.6 Å². The fraction of sp³-hybridized carbons (Fsp3) is 0.333. The molecule has 0 bridgehead atoms. The summed E-state index contributed by atoms with van der Waals surface area (Å²) >= 11 is 0. The first-order valence-corrected chi connectivity index (χ1v) is 3.88. The fourth-order valence-corrected chi connectivity index (χ4v) is 1.01. The molecule has 1 aromatic rings. The third-order valence-corrected chi connectivity index (χ3v) is 1.79. The first kappa shape index (κ1) is 10.1. The van der Waals surface area contributed by atoms with E-state index in [-0.39, 0.29) is 12.0 Å². The van der Waals surface area contributed by atoms with Gasteiger partial charge in [-0.15, -0.1) is 0 Å². The molecule has 0 aliphatic rings. The van der Waals surface area contributed by atoms with Gasteiger partial charge in [0.1, 0.15) is 5.82 Å². The molecule has 0 amide bonds. The van der Waals surface area contributed by atoms with E-state index < -0.39 is 23.6 Å². The van der Waals surface area contributed by atoms with Gasteiger partial charge in [-0.1, -0.05) is 6.92 Å². The molecule has 13 heavy (non-hydrogen) atoms. The minimum atomic E-state index is -1.25. The summed E-state index contributed by atoms with van der Waals surface area (Å²) in [6, 6.07) is 1.11. The minimum Gasteiger partial charge on any atom is -0.388 e. The summed E-state index contributed by atoms with van der Waals surface area (Å²) in [6.07, 6.45) is -0.836. The molecular formula is C9H9F3O. The summed E-state index contributed by atoms with van der Waals surface area (Å²) in [7, 11) is 0. The van der Waals surface area contributed by atoms with Gasteiger partial charge in [-0.25, -0.2) is 13.2 Å². The molecule has 0 aliphatic heterocycles. The van der Waals surface area contributed by atoms with Crippen LogP contribution in [0.15, 0.2) is 12.1 Å². The molecule has 0 aliphatic carbocycles. The number of benzene rings is 1. The van der Waals surface area contributed by atoms with Gasteiger partial charge in [-0.05, 0) is 12.5 Å². The zero-order valence-corrected chi connectivity index (χ0v) is 7.02. The molecular weight excluding hydrogens is 181 g/mol. The van der Waals surface area contributed by atoms with Crippen molar-refractivity contribution in [2.24, 2.45) is 0 Å². The molecule has 1 atom stereocenters. The molecule has 0 heterocycles. The van der Waals surface area contributed by atoms with E-state index in [0.29, 0.717) is 12.1 Å². The van der Waals surface area contributed by atoms with Crippen LogP contribution in [-0.4, -0.2) is 5.11 Å². The first-order chi connectivity index (χ1) is 6.06. The van der Waals surface area contributed by atoms with Gasteiger partial charge >= 0.3 is 0 Å². The zero-order valence-electron chi connectivity index (χ0n) is 7.02. The van der Waals surface area contributed by atoms with Crippen LogP contribution in [0.25, 0.3) is 0 Å². The summed E-state index contributed by atoms with van der Waals surface area (Å²) in [5.74, 6) is -3.32. The van der Waals surface area contributed by atoms with Crippen LogP contribution < -0.4 is 0 Å². The molecule has 0 fully saturated rings. The molecule has 0 unspecified atom stereocenters. The van der Waals surface area contributed by atoms with Crippen molar-refractivity contribution in [3.8, 4) is 0 Å². The van der Waals surface area contributed by atoms with Crippen molar-refractivity contribution >= 4 is 0 Å². The van der Waals surface area contributed by atoms with E-state index in [1.165, 1.54) is 0 Å².